The topological polar surface area (TPSA) is 57.3 Å². The highest BCUT2D eigenvalue weighted by atomic mass is 16.1. The van der Waals surface area contributed by atoms with Gasteiger partial charge < -0.3 is 15.5 Å². The molecule has 1 heterocycles. The molecule has 0 saturated carbocycles. The van der Waals surface area contributed by atoms with Crippen molar-refractivity contribution >= 4 is 11.7 Å². The maximum absolute atomic E-state index is 12.0. The van der Waals surface area contributed by atoms with Gasteiger partial charge in [0, 0.05) is 13.1 Å². The molecule has 2 N–H and O–H groups in total. The number of aromatic nitrogens is 1. The summed E-state index contributed by atoms with van der Waals surface area (Å²) in [7, 11) is 4.11. The number of hydrogen-bond acceptors (Lipinski definition) is 4. The maximum Gasteiger partial charge on any atom is 0.269 e. The minimum atomic E-state index is -0.102. The van der Waals surface area contributed by atoms with Crippen LogP contribution in [0.2, 0.25) is 0 Å². The summed E-state index contributed by atoms with van der Waals surface area (Å²) < 4.78 is 0. The molecular formula is C15H26N4O. The van der Waals surface area contributed by atoms with Gasteiger partial charge in [-0.2, -0.15) is 0 Å². The first kappa shape index (κ1) is 16.4. The van der Waals surface area contributed by atoms with Crippen molar-refractivity contribution in [2.45, 2.75) is 26.2 Å². The molecule has 5 nitrogen and oxygen atoms in total. The molecule has 1 aromatic rings. The van der Waals surface area contributed by atoms with E-state index in [0.717, 1.165) is 38.2 Å². The highest BCUT2D eigenvalue weighted by molar-refractivity contribution is 5.92. The molecule has 5 heteroatoms. The molecule has 0 fully saturated rings. The molecule has 1 aromatic heterocycles. The van der Waals surface area contributed by atoms with Crippen molar-refractivity contribution in [1.82, 2.24) is 15.2 Å². The Balaban J connectivity index is 2.35. The van der Waals surface area contributed by atoms with Gasteiger partial charge in [0.25, 0.3) is 5.91 Å². The summed E-state index contributed by atoms with van der Waals surface area (Å²) in [6.07, 6.45) is 3.10. The van der Waals surface area contributed by atoms with Crippen LogP contribution in [0, 0.1) is 0 Å². The van der Waals surface area contributed by atoms with Gasteiger partial charge in [0.05, 0.1) is 0 Å². The van der Waals surface area contributed by atoms with E-state index in [-0.39, 0.29) is 5.91 Å². The summed E-state index contributed by atoms with van der Waals surface area (Å²) in [6, 6.07) is 5.47. The van der Waals surface area contributed by atoms with Crippen molar-refractivity contribution in [3.63, 3.8) is 0 Å². The molecule has 0 aromatic carbocycles. The van der Waals surface area contributed by atoms with E-state index in [2.05, 4.69) is 41.5 Å². The van der Waals surface area contributed by atoms with Gasteiger partial charge in [0.2, 0.25) is 0 Å². The molecule has 0 atom stereocenters. The summed E-state index contributed by atoms with van der Waals surface area (Å²) in [5.74, 6) is 0.655. The number of rotatable bonds is 9. The quantitative estimate of drug-likeness (QED) is 0.678. The van der Waals surface area contributed by atoms with E-state index in [1.807, 2.05) is 12.1 Å². The maximum atomic E-state index is 12.0. The molecular weight excluding hydrogens is 252 g/mol. The van der Waals surface area contributed by atoms with E-state index < -0.39 is 0 Å². The number of hydrogen-bond donors (Lipinski definition) is 2. The fourth-order valence-electron chi connectivity index (χ4n) is 1.76. The molecule has 0 spiro atoms. The number of unbranched alkanes of at least 4 members (excludes halogenated alkanes) is 1. The molecule has 0 aliphatic carbocycles. The number of carbonyl (C=O) groups is 1. The van der Waals surface area contributed by atoms with Crippen LogP contribution in [0.25, 0.3) is 0 Å². The molecule has 1 rings (SSSR count). The Bertz CT molecular complexity index is 407. The summed E-state index contributed by atoms with van der Waals surface area (Å²) in [5, 5.41) is 6.09. The second kappa shape index (κ2) is 9.31. The predicted molar refractivity (Wildman–Crippen MR) is 83.1 cm³/mol. The zero-order valence-corrected chi connectivity index (χ0v) is 12.8. The lowest BCUT2D eigenvalue weighted by Crippen LogP contribution is -2.26. The Morgan fingerprint density at radius 2 is 2.05 bits per heavy atom. The average Bonchev–Trinajstić information content (AvgIpc) is 2.44. The van der Waals surface area contributed by atoms with E-state index in [1.165, 1.54) is 0 Å². The van der Waals surface area contributed by atoms with Gasteiger partial charge in [-0.15, -0.1) is 0 Å². The van der Waals surface area contributed by atoms with Gasteiger partial charge in [-0.3, -0.25) is 4.79 Å². The minimum Gasteiger partial charge on any atom is -0.370 e. The Labute approximate surface area is 121 Å². The Kier molecular flexibility index (Phi) is 7.65. The lowest BCUT2D eigenvalue weighted by Gasteiger charge is -2.10. The zero-order valence-electron chi connectivity index (χ0n) is 12.8. The van der Waals surface area contributed by atoms with Crippen molar-refractivity contribution in [2.75, 3.05) is 39.0 Å². The lowest BCUT2D eigenvalue weighted by molar-refractivity contribution is 0.0948. The van der Waals surface area contributed by atoms with Crippen LogP contribution in [0.4, 0.5) is 5.82 Å². The molecule has 20 heavy (non-hydrogen) atoms. The van der Waals surface area contributed by atoms with Gasteiger partial charge in [-0.1, -0.05) is 13.0 Å². The van der Waals surface area contributed by atoms with Crippen LogP contribution in [0.3, 0.4) is 0 Å². The average molecular weight is 278 g/mol. The van der Waals surface area contributed by atoms with Crippen molar-refractivity contribution in [3.8, 4) is 0 Å². The predicted octanol–water partition coefficient (Wildman–Crippen LogP) is 1.98. The Morgan fingerprint density at radius 1 is 1.25 bits per heavy atom. The fourth-order valence-corrected chi connectivity index (χ4v) is 1.76. The molecule has 1 amide bonds. The van der Waals surface area contributed by atoms with Crippen LogP contribution in [-0.4, -0.2) is 49.5 Å². The van der Waals surface area contributed by atoms with Gasteiger partial charge >= 0.3 is 0 Å². The van der Waals surface area contributed by atoms with E-state index >= 15 is 0 Å². The van der Waals surface area contributed by atoms with Crippen LogP contribution < -0.4 is 10.6 Å². The third kappa shape index (κ3) is 6.52. The normalized spacial score (nSPS) is 10.6. The van der Waals surface area contributed by atoms with E-state index in [1.54, 1.807) is 6.07 Å². The summed E-state index contributed by atoms with van der Waals surface area (Å²) >= 11 is 0. The SMILES string of the molecule is CCCNc1cccc(C(=O)NCCCCN(C)C)n1. The molecule has 0 aliphatic heterocycles. The third-order valence-corrected chi connectivity index (χ3v) is 2.86. The number of amides is 1. The molecule has 112 valence electrons. The van der Waals surface area contributed by atoms with Gasteiger partial charge in [0.1, 0.15) is 11.5 Å². The first-order valence-electron chi connectivity index (χ1n) is 7.27. The molecule has 0 bridgehead atoms. The largest absolute Gasteiger partial charge is 0.370 e. The number of anilines is 1. The summed E-state index contributed by atoms with van der Waals surface area (Å²) in [5.41, 5.74) is 0.471. The third-order valence-electron chi connectivity index (χ3n) is 2.86. The van der Waals surface area contributed by atoms with E-state index in [0.29, 0.717) is 12.2 Å². The number of nitrogens with one attached hydrogen (secondary N) is 2. The molecule has 0 radical (unpaired) electrons. The molecule has 0 unspecified atom stereocenters. The van der Waals surface area contributed by atoms with Gasteiger partial charge in [-0.05, 0) is 52.0 Å². The summed E-state index contributed by atoms with van der Waals surface area (Å²) in [6.45, 7) is 4.70. The molecule has 0 saturated heterocycles. The number of pyridine rings is 1. The first-order chi connectivity index (χ1) is 9.63. The highest BCUT2D eigenvalue weighted by Crippen LogP contribution is 2.05. The summed E-state index contributed by atoms with van der Waals surface area (Å²) in [4.78, 5) is 18.4. The van der Waals surface area contributed by atoms with E-state index in [4.69, 9.17) is 0 Å². The number of carbonyl (C=O) groups excluding carboxylic acids is 1. The Hall–Kier alpha value is -1.62. The fraction of sp³-hybridized carbons (Fsp3) is 0.600. The smallest absolute Gasteiger partial charge is 0.269 e. The lowest BCUT2D eigenvalue weighted by atomic mass is 10.3. The minimum absolute atomic E-state index is 0.102. The Morgan fingerprint density at radius 3 is 2.75 bits per heavy atom. The van der Waals surface area contributed by atoms with Crippen LogP contribution >= 0.6 is 0 Å². The van der Waals surface area contributed by atoms with Crippen molar-refractivity contribution in [2.24, 2.45) is 0 Å². The van der Waals surface area contributed by atoms with Crippen molar-refractivity contribution in [3.05, 3.63) is 23.9 Å². The van der Waals surface area contributed by atoms with Crippen LogP contribution in [0.1, 0.15) is 36.7 Å². The standard InChI is InChI=1S/C15H26N4O/c1-4-10-16-14-9-7-8-13(18-14)15(20)17-11-5-6-12-19(2)3/h7-9H,4-6,10-12H2,1-3H3,(H,16,18)(H,17,20). The van der Waals surface area contributed by atoms with Gasteiger partial charge in [0.15, 0.2) is 0 Å². The second-order valence-electron chi connectivity index (χ2n) is 5.10. The van der Waals surface area contributed by atoms with Crippen LogP contribution in [0.5, 0.6) is 0 Å². The number of nitrogens with zero attached hydrogens (tertiary/aromatic N) is 2. The van der Waals surface area contributed by atoms with E-state index in [9.17, 15) is 4.79 Å². The zero-order chi connectivity index (χ0) is 14.8. The second-order valence-corrected chi connectivity index (χ2v) is 5.10. The monoisotopic (exact) mass is 278 g/mol. The highest BCUT2D eigenvalue weighted by Gasteiger charge is 2.06. The first-order valence-corrected chi connectivity index (χ1v) is 7.27. The van der Waals surface area contributed by atoms with Crippen molar-refractivity contribution in [1.29, 1.82) is 0 Å². The van der Waals surface area contributed by atoms with Crippen LogP contribution in [0.15, 0.2) is 18.2 Å². The van der Waals surface area contributed by atoms with Crippen molar-refractivity contribution < 1.29 is 4.79 Å². The molecule has 0 aliphatic rings. The van der Waals surface area contributed by atoms with Gasteiger partial charge in [-0.25, -0.2) is 4.98 Å². The van der Waals surface area contributed by atoms with Crippen LogP contribution in [-0.2, 0) is 0 Å².